The zero-order chi connectivity index (χ0) is 22.5. The minimum absolute atomic E-state index is 0.303. The molecule has 7 nitrogen and oxygen atoms in total. The van der Waals surface area contributed by atoms with Crippen LogP contribution in [-0.4, -0.2) is 36.3 Å². The van der Waals surface area contributed by atoms with Gasteiger partial charge in [0.05, 0.1) is 30.9 Å². The molecule has 0 saturated carbocycles. The molecule has 0 bridgehead atoms. The highest BCUT2D eigenvalue weighted by Crippen LogP contribution is 2.29. The minimum atomic E-state index is -0.371. The number of amides is 2. The van der Waals surface area contributed by atoms with Gasteiger partial charge in [0.15, 0.2) is 0 Å². The van der Waals surface area contributed by atoms with Crippen LogP contribution in [0.25, 0.3) is 22.4 Å². The van der Waals surface area contributed by atoms with Crippen LogP contribution in [0.4, 0.5) is 14.9 Å². The number of ether oxygens (including phenoxy) is 2. The lowest BCUT2D eigenvalue weighted by molar-refractivity contribution is 0.251. The Labute approximate surface area is 184 Å². The summed E-state index contributed by atoms with van der Waals surface area (Å²) in [5.41, 5.74) is 3.07. The number of nitrogens with zero attached hydrogens (tertiary/aromatic N) is 2. The van der Waals surface area contributed by atoms with E-state index in [1.54, 1.807) is 37.4 Å². The lowest BCUT2D eigenvalue weighted by Crippen LogP contribution is -2.31. The third-order valence-electron chi connectivity index (χ3n) is 5.03. The quantitative estimate of drug-likeness (QED) is 0.443. The highest BCUT2D eigenvalue weighted by atomic mass is 19.1. The van der Waals surface area contributed by atoms with Gasteiger partial charge in [-0.2, -0.15) is 0 Å². The van der Waals surface area contributed by atoms with Crippen molar-refractivity contribution in [3.05, 3.63) is 72.5 Å². The summed E-state index contributed by atoms with van der Waals surface area (Å²) in [7, 11) is 3.09. The maximum absolute atomic E-state index is 13.4. The van der Waals surface area contributed by atoms with E-state index in [9.17, 15) is 9.18 Å². The maximum Gasteiger partial charge on any atom is 0.319 e. The zero-order valence-corrected chi connectivity index (χ0v) is 17.8. The molecule has 164 valence electrons. The monoisotopic (exact) mass is 434 g/mol. The van der Waals surface area contributed by atoms with Crippen molar-refractivity contribution in [1.82, 2.24) is 14.9 Å². The van der Waals surface area contributed by atoms with Crippen LogP contribution in [0.15, 0.2) is 66.7 Å². The molecule has 2 amide bonds. The van der Waals surface area contributed by atoms with Crippen LogP contribution in [0.3, 0.4) is 0 Å². The van der Waals surface area contributed by atoms with Crippen molar-refractivity contribution < 1.29 is 18.7 Å². The largest absolute Gasteiger partial charge is 0.497 e. The van der Waals surface area contributed by atoms with E-state index in [1.165, 1.54) is 19.2 Å². The van der Waals surface area contributed by atoms with Crippen molar-refractivity contribution in [2.45, 2.75) is 6.54 Å². The first-order valence-electron chi connectivity index (χ1n) is 10.1. The van der Waals surface area contributed by atoms with Crippen LogP contribution in [0.5, 0.6) is 11.5 Å². The second-order valence-electron chi connectivity index (χ2n) is 7.03. The maximum atomic E-state index is 13.4. The Morgan fingerprint density at radius 3 is 2.56 bits per heavy atom. The van der Waals surface area contributed by atoms with Crippen molar-refractivity contribution in [2.75, 3.05) is 26.1 Å². The molecule has 0 saturated heterocycles. The number of rotatable bonds is 7. The fourth-order valence-corrected chi connectivity index (χ4v) is 3.48. The van der Waals surface area contributed by atoms with E-state index in [2.05, 4.69) is 10.6 Å². The van der Waals surface area contributed by atoms with Gasteiger partial charge in [-0.05, 0) is 48.5 Å². The SMILES string of the molecule is COc1ccc(OC)c(NC(=O)NCCn2c(-c3ccc(F)cc3)nc3ccccc32)c1. The molecule has 0 spiro atoms. The Morgan fingerprint density at radius 1 is 1.03 bits per heavy atom. The van der Waals surface area contributed by atoms with Crippen LogP contribution in [0.1, 0.15) is 0 Å². The molecule has 3 aromatic carbocycles. The number of aromatic nitrogens is 2. The van der Waals surface area contributed by atoms with Crippen LogP contribution in [-0.2, 0) is 6.54 Å². The number of carbonyl (C=O) groups is 1. The summed E-state index contributed by atoms with van der Waals surface area (Å²) in [6, 6.07) is 18.8. The highest BCUT2D eigenvalue weighted by molar-refractivity contribution is 5.91. The molecular formula is C24H23FN4O3. The Kier molecular flexibility index (Phi) is 6.21. The average Bonchev–Trinajstić information content (AvgIpc) is 3.18. The summed E-state index contributed by atoms with van der Waals surface area (Å²) < 4.78 is 25.9. The fourth-order valence-electron chi connectivity index (χ4n) is 3.48. The van der Waals surface area contributed by atoms with Crippen LogP contribution in [0, 0.1) is 5.82 Å². The molecule has 4 rings (SSSR count). The Balaban J connectivity index is 1.49. The Hall–Kier alpha value is -4.07. The summed E-state index contributed by atoms with van der Waals surface area (Å²) in [6.45, 7) is 0.836. The predicted molar refractivity (Wildman–Crippen MR) is 122 cm³/mol. The number of para-hydroxylation sites is 2. The topological polar surface area (TPSA) is 77.4 Å². The normalized spacial score (nSPS) is 10.7. The van der Waals surface area contributed by atoms with Gasteiger partial charge in [0.25, 0.3) is 0 Å². The van der Waals surface area contributed by atoms with Crippen molar-refractivity contribution in [3.63, 3.8) is 0 Å². The second kappa shape index (κ2) is 9.38. The average molecular weight is 434 g/mol. The number of benzene rings is 3. The first-order chi connectivity index (χ1) is 15.6. The van der Waals surface area contributed by atoms with Gasteiger partial charge in [0.1, 0.15) is 23.1 Å². The number of imidazole rings is 1. The van der Waals surface area contributed by atoms with Crippen LogP contribution >= 0.6 is 0 Å². The molecule has 0 aliphatic heterocycles. The van der Waals surface area contributed by atoms with E-state index < -0.39 is 0 Å². The number of carbonyl (C=O) groups excluding carboxylic acids is 1. The van der Waals surface area contributed by atoms with Crippen molar-refractivity contribution in [1.29, 1.82) is 0 Å². The molecule has 0 radical (unpaired) electrons. The number of halogens is 1. The van der Waals surface area contributed by atoms with Crippen molar-refractivity contribution in [2.24, 2.45) is 0 Å². The standard InChI is InChI=1S/C24H23FN4O3/c1-31-18-11-12-22(32-2)20(15-18)28-24(30)26-13-14-29-21-6-4-3-5-19(21)27-23(29)16-7-9-17(25)10-8-16/h3-12,15H,13-14H2,1-2H3,(H2,26,28,30). The molecule has 0 aliphatic rings. The number of anilines is 1. The zero-order valence-electron chi connectivity index (χ0n) is 17.8. The number of methoxy groups -OCH3 is 2. The van der Waals surface area contributed by atoms with E-state index in [1.807, 2.05) is 28.8 Å². The fraction of sp³-hybridized carbons (Fsp3) is 0.167. The molecular weight excluding hydrogens is 411 g/mol. The molecule has 2 N–H and O–H groups in total. The Morgan fingerprint density at radius 2 is 1.81 bits per heavy atom. The first kappa shape index (κ1) is 21.2. The summed E-state index contributed by atoms with van der Waals surface area (Å²) >= 11 is 0. The molecule has 1 aromatic heterocycles. The predicted octanol–water partition coefficient (Wildman–Crippen LogP) is 4.68. The number of nitrogens with one attached hydrogen (secondary N) is 2. The number of hydrogen-bond donors (Lipinski definition) is 2. The van der Waals surface area contributed by atoms with Crippen molar-refractivity contribution >= 4 is 22.8 Å². The van der Waals surface area contributed by atoms with Gasteiger partial charge in [-0.15, -0.1) is 0 Å². The molecule has 32 heavy (non-hydrogen) atoms. The minimum Gasteiger partial charge on any atom is -0.497 e. The van der Waals surface area contributed by atoms with Crippen molar-refractivity contribution in [3.8, 4) is 22.9 Å². The Bertz CT molecular complexity index is 1240. The van der Waals surface area contributed by atoms with Gasteiger partial charge in [0.2, 0.25) is 0 Å². The number of urea groups is 1. The smallest absolute Gasteiger partial charge is 0.319 e. The van der Waals surface area contributed by atoms with Gasteiger partial charge in [-0.25, -0.2) is 14.2 Å². The number of hydrogen-bond acceptors (Lipinski definition) is 4. The summed E-state index contributed by atoms with van der Waals surface area (Å²) in [6.07, 6.45) is 0. The summed E-state index contributed by atoms with van der Waals surface area (Å²) in [5, 5.41) is 5.64. The van der Waals surface area contributed by atoms with Gasteiger partial charge in [0, 0.05) is 24.7 Å². The summed E-state index contributed by atoms with van der Waals surface area (Å²) in [4.78, 5) is 17.2. The third-order valence-corrected chi connectivity index (χ3v) is 5.03. The first-order valence-corrected chi connectivity index (χ1v) is 10.1. The lowest BCUT2D eigenvalue weighted by atomic mass is 10.2. The molecule has 0 unspecified atom stereocenters. The second-order valence-corrected chi connectivity index (χ2v) is 7.03. The molecule has 8 heteroatoms. The van der Waals surface area contributed by atoms with E-state index in [0.717, 1.165) is 16.6 Å². The van der Waals surface area contributed by atoms with E-state index in [4.69, 9.17) is 14.5 Å². The van der Waals surface area contributed by atoms with Crippen LogP contribution in [0.2, 0.25) is 0 Å². The lowest BCUT2D eigenvalue weighted by Gasteiger charge is -2.13. The summed E-state index contributed by atoms with van der Waals surface area (Å²) in [5.74, 6) is 1.54. The van der Waals surface area contributed by atoms with Gasteiger partial charge in [-0.1, -0.05) is 12.1 Å². The van der Waals surface area contributed by atoms with E-state index in [0.29, 0.717) is 36.1 Å². The van der Waals surface area contributed by atoms with Gasteiger partial charge in [-0.3, -0.25) is 0 Å². The molecule has 0 fully saturated rings. The molecule has 0 aliphatic carbocycles. The number of fused-ring (bicyclic) bond motifs is 1. The molecule has 0 atom stereocenters. The van der Waals surface area contributed by atoms with E-state index in [-0.39, 0.29) is 11.8 Å². The van der Waals surface area contributed by atoms with Crippen LogP contribution < -0.4 is 20.1 Å². The third kappa shape index (κ3) is 4.49. The van der Waals surface area contributed by atoms with Gasteiger partial charge >= 0.3 is 6.03 Å². The van der Waals surface area contributed by atoms with Gasteiger partial charge < -0.3 is 24.7 Å². The molecule has 4 aromatic rings. The molecule has 1 heterocycles. The highest BCUT2D eigenvalue weighted by Gasteiger charge is 2.13. The van der Waals surface area contributed by atoms with E-state index >= 15 is 0 Å².